The van der Waals surface area contributed by atoms with E-state index in [1.54, 1.807) is 6.07 Å². The van der Waals surface area contributed by atoms with Crippen molar-refractivity contribution < 1.29 is 14.6 Å². The van der Waals surface area contributed by atoms with Crippen LogP contribution in [0.3, 0.4) is 0 Å². The molecule has 0 spiro atoms. The lowest BCUT2D eigenvalue weighted by molar-refractivity contribution is 0.266. The molecule has 0 radical (unpaired) electrons. The quantitative estimate of drug-likeness (QED) is 0.823. The Balaban J connectivity index is 2.10. The van der Waals surface area contributed by atoms with Crippen molar-refractivity contribution in [1.29, 1.82) is 0 Å². The lowest BCUT2D eigenvalue weighted by atomic mass is 10.1. The van der Waals surface area contributed by atoms with Crippen molar-refractivity contribution in [2.24, 2.45) is 4.99 Å². The van der Waals surface area contributed by atoms with Crippen LogP contribution in [0, 0.1) is 5.82 Å². The Morgan fingerprint density at radius 1 is 1.10 bits per heavy atom. The molecule has 1 atom stereocenters. The van der Waals surface area contributed by atoms with Crippen molar-refractivity contribution in [3.8, 4) is 5.75 Å². The number of aliphatic imine (C=N–C) groups is 1. The maximum atomic E-state index is 13.2. The lowest BCUT2D eigenvalue weighted by Crippen LogP contribution is -2.14. The summed E-state index contributed by atoms with van der Waals surface area (Å²) in [7, 11) is 0. The zero-order valence-corrected chi connectivity index (χ0v) is 10.9. The lowest BCUT2D eigenvalue weighted by Gasteiger charge is -2.09. The van der Waals surface area contributed by atoms with E-state index in [1.807, 2.05) is 30.3 Å². The van der Waals surface area contributed by atoms with E-state index in [9.17, 15) is 14.6 Å². The topological polar surface area (TPSA) is 52.8 Å². The minimum Gasteiger partial charge on any atom is -0.504 e. The smallest absolute Gasteiger partial charge is 0.165 e. The van der Waals surface area contributed by atoms with Crippen LogP contribution in [0.15, 0.2) is 53.5 Å². The number of hydrogen-bond acceptors (Lipinski definition) is 3. The fraction of sp³-hybridized carbons (Fsp3) is 0.188. The number of rotatable bonds is 5. The van der Waals surface area contributed by atoms with E-state index in [4.69, 9.17) is 0 Å². The number of benzene rings is 2. The normalized spacial score (nSPS) is 12.7. The van der Waals surface area contributed by atoms with Gasteiger partial charge in [-0.3, -0.25) is 4.99 Å². The Morgan fingerprint density at radius 2 is 1.85 bits per heavy atom. The Bertz CT molecular complexity index is 584. The highest BCUT2D eigenvalue weighted by atomic mass is 19.1. The second-order valence-corrected chi connectivity index (χ2v) is 4.48. The number of nitrogens with zero attached hydrogens (tertiary/aromatic N) is 1. The standard InChI is InChI=1S/C16H16FNO2/c17-15-8-4-7-13(16(15)20)10-18-14(11-19)9-12-5-2-1-3-6-12/h1-8,10,14,19-20H,9,11H2. The van der Waals surface area contributed by atoms with Gasteiger partial charge in [0.25, 0.3) is 0 Å². The molecule has 104 valence electrons. The van der Waals surface area contributed by atoms with E-state index >= 15 is 0 Å². The predicted octanol–water partition coefficient (Wildman–Crippen LogP) is 2.55. The number of phenols is 1. The number of hydrogen-bond donors (Lipinski definition) is 2. The van der Waals surface area contributed by atoms with Crippen molar-refractivity contribution in [3.63, 3.8) is 0 Å². The molecule has 2 N–H and O–H groups in total. The first-order valence-electron chi connectivity index (χ1n) is 6.36. The van der Waals surface area contributed by atoms with E-state index in [1.165, 1.54) is 18.3 Å². The number of para-hydroxylation sites is 1. The molecule has 20 heavy (non-hydrogen) atoms. The third-order valence-corrected chi connectivity index (χ3v) is 2.97. The molecule has 3 nitrogen and oxygen atoms in total. The van der Waals surface area contributed by atoms with Crippen LogP contribution in [-0.4, -0.2) is 29.1 Å². The molecule has 0 saturated carbocycles. The molecule has 0 aliphatic rings. The second-order valence-electron chi connectivity index (χ2n) is 4.48. The van der Waals surface area contributed by atoms with Gasteiger partial charge in [0.15, 0.2) is 11.6 Å². The van der Waals surface area contributed by atoms with Gasteiger partial charge in [-0.1, -0.05) is 36.4 Å². The molecule has 1 unspecified atom stereocenters. The molecule has 2 aromatic rings. The fourth-order valence-corrected chi connectivity index (χ4v) is 1.87. The largest absolute Gasteiger partial charge is 0.504 e. The molecule has 2 aromatic carbocycles. The summed E-state index contributed by atoms with van der Waals surface area (Å²) >= 11 is 0. The minimum absolute atomic E-state index is 0.110. The summed E-state index contributed by atoms with van der Waals surface area (Å²) in [6.45, 7) is -0.110. The summed E-state index contributed by atoms with van der Waals surface area (Å²) in [6.07, 6.45) is 1.98. The molecule has 4 heteroatoms. The zero-order valence-electron chi connectivity index (χ0n) is 10.9. The van der Waals surface area contributed by atoms with E-state index < -0.39 is 11.6 Å². The van der Waals surface area contributed by atoms with Crippen LogP contribution in [0.4, 0.5) is 4.39 Å². The SMILES string of the molecule is OCC(Cc1ccccc1)N=Cc1cccc(F)c1O. The average molecular weight is 273 g/mol. The highest BCUT2D eigenvalue weighted by molar-refractivity contribution is 5.83. The third-order valence-electron chi connectivity index (χ3n) is 2.97. The van der Waals surface area contributed by atoms with E-state index in [0.29, 0.717) is 12.0 Å². The van der Waals surface area contributed by atoms with Gasteiger partial charge in [0.05, 0.1) is 12.6 Å². The monoisotopic (exact) mass is 273 g/mol. The van der Waals surface area contributed by atoms with Gasteiger partial charge in [-0.05, 0) is 24.1 Å². The van der Waals surface area contributed by atoms with Gasteiger partial charge >= 0.3 is 0 Å². The fourth-order valence-electron chi connectivity index (χ4n) is 1.87. The molecule has 0 aliphatic heterocycles. The van der Waals surface area contributed by atoms with E-state index in [0.717, 1.165) is 5.56 Å². The van der Waals surface area contributed by atoms with Gasteiger partial charge in [0.1, 0.15) is 0 Å². The van der Waals surface area contributed by atoms with Crippen molar-refractivity contribution in [3.05, 3.63) is 65.5 Å². The van der Waals surface area contributed by atoms with Crippen molar-refractivity contribution in [2.75, 3.05) is 6.61 Å². The van der Waals surface area contributed by atoms with Crippen molar-refractivity contribution in [2.45, 2.75) is 12.5 Å². The molecule has 0 fully saturated rings. The van der Waals surface area contributed by atoms with Crippen LogP contribution in [0.1, 0.15) is 11.1 Å². The third kappa shape index (κ3) is 3.65. The van der Waals surface area contributed by atoms with Gasteiger partial charge in [0.2, 0.25) is 0 Å². The first-order chi connectivity index (χ1) is 9.70. The molecule has 2 rings (SSSR count). The summed E-state index contributed by atoms with van der Waals surface area (Å²) in [5, 5.41) is 18.9. The van der Waals surface area contributed by atoms with Gasteiger partial charge in [-0.25, -0.2) is 4.39 Å². The van der Waals surface area contributed by atoms with Gasteiger partial charge in [0, 0.05) is 11.8 Å². The molecule has 0 aliphatic carbocycles. The van der Waals surface area contributed by atoms with E-state index in [-0.39, 0.29) is 12.6 Å². The Labute approximate surface area is 117 Å². The minimum atomic E-state index is -0.683. The van der Waals surface area contributed by atoms with Crippen molar-refractivity contribution in [1.82, 2.24) is 0 Å². The molecular formula is C16H16FNO2. The molecular weight excluding hydrogens is 257 g/mol. The number of aromatic hydroxyl groups is 1. The number of phenolic OH excluding ortho intramolecular Hbond substituents is 1. The highest BCUT2D eigenvalue weighted by Crippen LogP contribution is 2.19. The van der Waals surface area contributed by atoms with Gasteiger partial charge in [-0.2, -0.15) is 0 Å². The Hall–Kier alpha value is -2.20. The van der Waals surface area contributed by atoms with Crippen LogP contribution in [0.5, 0.6) is 5.75 Å². The second kappa shape index (κ2) is 6.82. The summed E-state index contributed by atoms with van der Waals surface area (Å²) in [5.41, 5.74) is 1.36. The molecule has 0 amide bonds. The highest BCUT2D eigenvalue weighted by Gasteiger charge is 2.08. The zero-order chi connectivity index (χ0) is 14.4. The number of halogens is 1. The van der Waals surface area contributed by atoms with Gasteiger partial charge < -0.3 is 10.2 Å². The Kier molecular flexibility index (Phi) is 4.85. The molecule has 0 aromatic heterocycles. The summed E-state index contributed by atoms with van der Waals surface area (Å²) in [6, 6.07) is 13.6. The summed E-state index contributed by atoms with van der Waals surface area (Å²) in [4.78, 5) is 4.21. The summed E-state index contributed by atoms with van der Waals surface area (Å²) in [5.74, 6) is -1.11. The van der Waals surface area contributed by atoms with Crippen LogP contribution in [0.2, 0.25) is 0 Å². The van der Waals surface area contributed by atoms with E-state index in [2.05, 4.69) is 4.99 Å². The van der Waals surface area contributed by atoms with Crippen molar-refractivity contribution >= 4 is 6.21 Å². The van der Waals surface area contributed by atoms with Crippen LogP contribution in [0.25, 0.3) is 0 Å². The average Bonchev–Trinajstić information content (AvgIpc) is 2.48. The maximum absolute atomic E-state index is 13.2. The van der Waals surface area contributed by atoms with Crippen LogP contribution >= 0.6 is 0 Å². The first kappa shape index (κ1) is 14.2. The summed E-state index contributed by atoms with van der Waals surface area (Å²) < 4.78 is 13.2. The van der Waals surface area contributed by atoms with Gasteiger partial charge in [-0.15, -0.1) is 0 Å². The first-order valence-corrected chi connectivity index (χ1v) is 6.36. The van der Waals surface area contributed by atoms with Crippen LogP contribution < -0.4 is 0 Å². The number of aliphatic hydroxyl groups is 1. The molecule has 0 heterocycles. The Morgan fingerprint density at radius 3 is 2.55 bits per heavy atom. The number of aliphatic hydroxyl groups excluding tert-OH is 1. The maximum Gasteiger partial charge on any atom is 0.165 e. The predicted molar refractivity (Wildman–Crippen MR) is 76.7 cm³/mol. The molecule has 0 bridgehead atoms. The van der Waals surface area contributed by atoms with Crippen LogP contribution in [-0.2, 0) is 6.42 Å². The molecule has 0 saturated heterocycles.